The molecule has 0 spiro atoms. The molecule has 16 heavy (non-hydrogen) atoms. The summed E-state index contributed by atoms with van der Waals surface area (Å²) in [5.41, 5.74) is 5.30. The van der Waals surface area contributed by atoms with Crippen LogP contribution in [0.4, 0.5) is 24.9 Å². The van der Waals surface area contributed by atoms with E-state index in [1.54, 1.807) is 6.92 Å². The predicted octanol–water partition coefficient (Wildman–Crippen LogP) is 2.10. The Balaban J connectivity index is 2.95. The maximum absolute atomic E-state index is 12.2. The molecule has 0 radical (unpaired) electrons. The van der Waals surface area contributed by atoms with E-state index in [4.69, 9.17) is 17.3 Å². The van der Waals surface area contributed by atoms with Gasteiger partial charge in [-0.25, -0.2) is 4.98 Å². The van der Waals surface area contributed by atoms with Gasteiger partial charge in [-0.2, -0.15) is 18.2 Å². The van der Waals surface area contributed by atoms with E-state index in [9.17, 15) is 13.2 Å². The van der Waals surface area contributed by atoms with Crippen LogP contribution in [0.15, 0.2) is 6.07 Å². The first-order valence-electron chi connectivity index (χ1n) is 4.43. The highest BCUT2D eigenvalue weighted by atomic mass is 35.5. The Kier molecular flexibility index (Phi) is 3.79. The van der Waals surface area contributed by atoms with E-state index in [1.165, 1.54) is 6.07 Å². The zero-order valence-electron chi connectivity index (χ0n) is 8.42. The van der Waals surface area contributed by atoms with E-state index in [-0.39, 0.29) is 23.5 Å². The maximum atomic E-state index is 12.2. The first-order chi connectivity index (χ1) is 7.31. The molecule has 0 aliphatic rings. The van der Waals surface area contributed by atoms with Crippen LogP contribution in [0.25, 0.3) is 0 Å². The Labute approximate surface area is 95.2 Å². The van der Waals surface area contributed by atoms with Crippen molar-refractivity contribution in [2.75, 3.05) is 23.7 Å². The van der Waals surface area contributed by atoms with Crippen molar-refractivity contribution >= 4 is 23.4 Å². The molecular weight excluding hydrogens is 245 g/mol. The van der Waals surface area contributed by atoms with Crippen LogP contribution in [0.1, 0.15) is 6.92 Å². The first kappa shape index (κ1) is 12.8. The van der Waals surface area contributed by atoms with Gasteiger partial charge in [0, 0.05) is 12.6 Å². The van der Waals surface area contributed by atoms with Crippen molar-refractivity contribution in [3.05, 3.63) is 11.2 Å². The lowest BCUT2D eigenvalue weighted by molar-refractivity contribution is -0.119. The van der Waals surface area contributed by atoms with E-state index in [2.05, 4.69) is 9.97 Å². The molecule has 0 unspecified atom stereocenters. The third kappa shape index (κ3) is 3.73. The van der Waals surface area contributed by atoms with Crippen LogP contribution in [0.2, 0.25) is 5.15 Å². The predicted molar refractivity (Wildman–Crippen MR) is 55.4 cm³/mol. The highest BCUT2D eigenvalue weighted by molar-refractivity contribution is 6.29. The smallest absolute Gasteiger partial charge is 0.368 e. The number of alkyl halides is 3. The van der Waals surface area contributed by atoms with Gasteiger partial charge >= 0.3 is 6.18 Å². The lowest BCUT2D eigenvalue weighted by Gasteiger charge is -2.23. The Hall–Kier alpha value is -1.24. The summed E-state index contributed by atoms with van der Waals surface area (Å²) in [7, 11) is 0. The summed E-state index contributed by atoms with van der Waals surface area (Å²) in [4.78, 5) is 8.29. The largest absolute Gasteiger partial charge is 0.405 e. The summed E-state index contributed by atoms with van der Waals surface area (Å²) >= 11 is 5.58. The van der Waals surface area contributed by atoms with Gasteiger partial charge in [-0.15, -0.1) is 0 Å². The van der Waals surface area contributed by atoms with Crippen LogP contribution in [0.3, 0.4) is 0 Å². The maximum Gasteiger partial charge on any atom is 0.405 e. The fourth-order valence-corrected chi connectivity index (χ4v) is 1.34. The molecule has 1 rings (SSSR count). The zero-order valence-corrected chi connectivity index (χ0v) is 9.18. The molecule has 0 amide bonds. The van der Waals surface area contributed by atoms with Crippen molar-refractivity contribution in [1.82, 2.24) is 9.97 Å². The lowest BCUT2D eigenvalue weighted by atomic mass is 10.4. The van der Waals surface area contributed by atoms with E-state index < -0.39 is 12.7 Å². The van der Waals surface area contributed by atoms with Crippen molar-refractivity contribution in [1.29, 1.82) is 0 Å². The summed E-state index contributed by atoms with van der Waals surface area (Å²) in [6.45, 7) is 0.626. The molecule has 0 bridgehead atoms. The van der Waals surface area contributed by atoms with Crippen LogP contribution in [-0.4, -0.2) is 29.2 Å². The van der Waals surface area contributed by atoms with Gasteiger partial charge in [-0.3, -0.25) is 0 Å². The molecule has 0 aromatic carbocycles. The van der Waals surface area contributed by atoms with Gasteiger partial charge in [0.2, 0.25) is 5.95 Å². The Bertz CT molecular complexity index is 349. The molecule has 0 atom stereocenters. The molecule has 0 aliphatic heterocycles. The molecule has 90 valence electrons. The molecule has 8 heteroatoms. The highest BCUT2D eigenvalue weighted by Crippen LogP contribution is 2.22. The molecule has 4 nitrogen and oxygen atoms in total. The Morgan fingerprint density at radius 1 is 1.44 bits per heavy atom. The highest BCUT2D eigenvalue weighted by Gasteiger charge is 2.31. The normalized spacial score (nSPS) is 11.6. The third-order valence-electron chi connectivity index (χ3n) is 1.77. The van der Waals surface area contributed by atoms with E-state index in [1.807, 2.05) is 0 Å². The van der Waals surface area contributed by atoms with Gasteiger partial charge in [0.05, 0.1) is 0 Å². The van der Waals surface area contributed by atoms with E-state index in [0.717, 1.165) is 4.90 Å². The van der Waals surface area contributed by atoms with Crippen molar-refractivity contribution in [3.8, 4) is 0 Å². The summed E-state index contributed by atoms with van der Waals surface area (Å²) in [6.07, 6.45) is -4.30. The van der Waals surface area contributed by atoms with Gasteiger partial charge in [0.1, 0.15) is 17.5 Å². The summed E-state index contributed by atoms with van der Waals surface area (Å²) in [5.74, 6) is -0.0829. The van der Waals surface area contributed by atoms with Crippen molar-refractivity contribution in [3.63, 3.8) is 0 Å². The zero-order chi connectivity index (χ0) is 12.3. The van der Waals surface area contributed by atoms with Gasteiger partial charge in [-0.1, -0.05) is 11.6 Å². The monoisotopic (exact) mass is 254 g/mol. The number of anilines is 2. The fourth-order valence-electron chi connectivity index (χ4n) is 1.16. The van der Waals surface area contributed by atoms with Crippen molar-refractivity contribution < 1.29 is 13.2 Å². The van der Waals surface area contributed by atoms with Gasteiger partial charge in [0.25, 0.3) is 0 Å². The van der Waals surface area contributed by atoms with Gasteiger partial charge in [0.15, 0.2) is 0 Å². The van der Waals surface area contributed by atoms with Crippen LogP contribution in [0.5, 0.6) is 0 Å². The topological polar surface area (TPSA) is 55.0 Å². The number of hydrogen-bond donors (Lipinski definition) is 1. The molecular formula is C8H10ClF3N4. The van der Waals surface area contributed by atoms with Crippen LogP contribution < -0.4 is 10.6 Å². The van der Waals surface area contributed by atoms with E-state index in [0.29, 0.717) is 0 Å². The summed E-state index contributed by atoms with van der Waals surface area (Å²) in [5, 5.41) is 0.0168. The van der Waals surface area contributed by atoms with Gasteiger partial charge in [-0.05, 0) is 6.92 Å². The van der Waals surface area contributed by atoms with Crippen LogP contribution >= 0.6 is 11.6 Å². The first-order valence-corrected chi connectivity index (χ1v) is 4.81. The third-order valence-corrected chi connectivity index (χ3v) is 1.97. The molecule has 0 saturated heterocycles. The summed E-state index contributed by atoms with van der Waals surface area (Å²) in [6, 6.07) is 1.24. The quantitative estimate of drug-likeness (QED) is 0.840. The van der Waals surface area contributed by atoms with E-state index >= 15 is 0 Å². The molecule has 1 aromatic rings. The number of nitrogens with zero attached hydrogens (tertiary/aromatic N) is 3. The number of nitrogen functional groups attached to an aromatic ring is 1. The average molecular weight is 255 g/mol. The fraction of sp³-hybridized carbons (Fsp3) is 0.500. The second-order valence-corrected chi connectivity index (χ2v) is 3.42. The number of aromatic nitrogens is 2. The summed E-state index contributed by atoms with van der Waals surface area (Å²) < 4.78 is 36.7. The second-order valence-electron chi connectivity index (χ2n) is 3.04. The van der Waals surface area contributed by atoms with Gasteiger partial charge < -0.3 is 10.6 Å². The minimum absolute atomic E-state index is 0.0168. The molecule has 0 aliphatic carbocycles. The standard InChI is InChI=1S/C8H10ClF3N4/c1-2-16(4-8(10,11)12)6-3-5(9)14-7(13)15-6/h3H,2,4H2,1H3,(H2,13,14,15). The van der Waals surface area contributed by atoms with Crippen LogP contribution in [0, 0.1) is 0 Å². The van der Waals surface area contributed by atoms with Crippen LogP contribution in [-0.2, 0) is 0 Å². The van der Waals surface area contributed by atoms with Crippen molar-refractivity contribution in [2.24, 2.45) is 0 Å². The number of rotatable bonds is 3. The number of halogens is 4. The van der Waals surface area contributed by atoms with Crippen molar-refractivity contribution in [2.45, 2.75) is 13.1 Å². The molecule has 1 heterocycles. The second kappa shape index (κ2) is 4.73. The molecule has 2 N–H and O–H groups in total. The average Bonchev–Trinajstić information content (AvgIpc) is 2.11. The minimum Gasteiger partial charge on any atom is -0.368 e. The Morgan fingerprint density at radius 2 is 2.06 bits per heavy atom. The number of hydrogen-bond acceptors (Lipinski definition) is 4. The lowest BCUT2D eigenvalue weighted by Crippen LogP contribution is -2.34. The molecule has 0 saturated carbocycles. The Morgan fingerprint density at radius 3 is 2.50 bits per heavy atom. The molecule has 0 fully saturated rings. The SMILES string of the molecule is CCN(CC(F)(F)F)c1cc(Cl)nc(N)n1. The number of nitrogens with two attached hydrogens (primary N) is 1. The molecule has 1 aromatic heterocycles. The minimum atomic E-state index is -4.30.